The molecule has 7 rings (SSSR count). The summed E-state index contributed by atoms with van der Waals surface area (Å²) in [5.74, 6) is -6.90. The molecule has 8 amide bonds. The Labute approximate surface area is 487 Å². The van der Waals surface area contributed by atoms with Crippen LogP contribution in [0, 0.1) is 0 Å². The Kier molecular flexibility index (Phi) is 23.1. The maximum Gasteiger partial charge on any atom is 0.245 e. The fourth-order valence-electron chi connectivity index (χ4n) is 9.34. The van der Waals surface area contributed by atoms with Gasteiger partial charge in [0.1, 0.15) is 42.3 Å². The molecule has 24 heteroatoms. The number of rotatable bonds is 19. The summed E-state index contributed by atoms with van der Waals surface area (Å²) in [6, 6.07) is 20.0. The van der Waals surface area contributed by atoms with Crippen LogP contribution in [0.2, 0.25) is 5.02 Å². The number of halogens is 1. The minimum absolute atomic E-state index is 0.0113. The van der Waals surface area contributed by atoms with Crippen LogP contribution in [-0.4, -0.2) is 142 Å². The van der Waals surface area contributed by atoms with Gasteiger partial charge < -0.3 is 64.1 Å². The number of benzene rings is 4. The number of amides is 8. The second kappa shape index (κ2) is 30.5. The fraction of sp³-hybridized carbons (Fsp3) is 0.362. The Morgan fingerprint density at radius 2 is 1.38 bits per heavy atom. The number of hydrogen-bond acceptors (Lipinski definition) is 14. The van der Waals surface area contributed by atoms with Crippen molar-refractivity contribution in [2.75, 3.05) is 25.1 Å². The van der Waals surface area contributed by atoms with Gasteiger partial charge in [-0.2, -0.15) is 0 Å². The van der Waals surface area contributed by atoms with Crippen molar-refractivity contribution in [1.82, 2.24) is 52.5 Å². The van der Waals surface area contributed by atoms with Gasteiger partial charge in [0.25, 0.3) is 0 Å². The van der Waals surface area contributed by atoms with Crippen molar-refractivity contribution in [2.45, 2.75) is 106 Å². The number of likely N-dealkylation sites (N-methyl/N-ethyl adjacent to an activating group) is 1. The topological polar surface area (TPSA) is 334 Å². The molecular weight excluding hydrogens is 1110 g/mol. The second-order valence-electron chi connectivity index (χ2n) is 20.0. The van der Waals surface area contributed by atoms with Gasteiger partial charge in [-0.25, -0.2) is 0 Å². The lowest BCUT2D eigenvalue weighted by Gasteiger charge is -2.29. The number of fused-ring (bicyclic) bond motifs is 2. The van der Waals surface area contributed by atoms with E-state index in [1.165, 1.54) is 13.1 Å². The number of nitrogens with zero attached hydrogens (tertiary/aromatic N) is 1. The number of primary amides is 1. The maximum absolute atomic E-state index is 14.9. The Balaban J connectivity index is 1.25. The number of carbonyl (C=O) groups is 8. The van der Waals surface area contributed by atoms with Crippen molar-refractivity contribution in [2.24, 2.45) is 11.5 Å². The van der Waals surface area contributed by atoms with Crippen molar-refractivity contribution in [1.29, 1.82) is 0 Å². The van der Waals surface area contributed by atoms with Gasteiger partial charge >= 0.3 is 0 Å². The van der Waals surface area contributed by atoms with Crippen LogP contribution in [0.1, 0.15) is 48.4 Å². The number of nitrogens with one attached hydrogen (secondary N) is 9. The fourth-order valence-corrected chi connectivity index (χ4v) is 11.8. The van der Waals surface area contributed by atoms with Crippen LogP contribution >= 0.6 is 33.2 Å². The zero-order valence-electron chi connectivity index (χ0n) is 45.3. The van der Waals surface area contributed by atoms with Crippen LogP contribution in [0.3, 0.4) is 0 Å². The summed E-state index contributed by atoms with van der Waals surface area (Å²) in [5.41, 5.74) is 15.1. The summed E-state index contributed by atoms with van der Waals surface area (Å²) in [4.78, 5) is 123. The molecular formula is C58H69ClN12O9S2. The quantitative estimate of drug-likeness (QED) is 0.0408. The molecule has 1 aliphatic rings. The number of aromatic nitrogens is 2. The third-order valence-electron chi connectivity index (χ3n) is 13.9. The van der Waals surface area contributed by atoms with E-state index in [9.17, 15) is 43.5 Å². The Morgan fingerprint density at radius 1 is 0.720 bits per heavy atom. The summed E-state index contributed by atoms with van der Waals surface area (Å²) in [6.45, 7) is 1.52. The van der Waals surface area contributed by atoms with Crippen molar-refractivity contribution in [3.05, 3.63) is 149 Å². The first-order valence-electron chi connectivity index (χ1n) is 26.9. The smallest absolute Gasteiger partial charge is 0.245 e. The standard InChI is InChI=1S/C58H69ClN12O9S2/c1-33(72)50-58(80)70-49(56(78)66-44(51(61)73)26-35-16-19-37-11-3-4-12-38(37)24-35)32-82-81-31-48(69-53(75)45(62-2)25-34-17-20-40(59)21-18-34)57(79)67-46(27-36-10-9-23-63-29-36)54(76)68-47(28-39-30-64-42-14-6-5-13-41(39)42)55(77)65-43(52(74)71-50)15-7-8-22-60/h3-6,9-14,16-21,23-24,29-30,33,43-50,62,64,72H,7-8,15,22,25-28,31-32,60H2,1-2H3,(H2,61,73)(H,65,77)(H,66,78)(H,67,79)(H,68,76)(H,69,75)(H,70,80)(H,71,74)/t33-,43+,44+,45+,46+,47-,48-,49+,50+/m1/s1. The van der Waals surface area contributed by atoms with Crippen molar-refractivity contribution in [3.63, 3.8) is 0 Å². The van der Waals surface area contributed by atoms with E-state index in [0.29, 0.717) is 34.6 Å². The molecule has 14 N–H and O–H groups in total. The Bertz CT molecular complexity index is 3190. The Hall–Kier alpha value is -7.54. The van der Waals surface area contributed by atoms with E-state index < -0.39 is 102 Å². The summed E-state index contributed by atoms with van der Waals surface area (Å²) in [5, 5.41) is 36.5. The maximum atomic E-state index is 14.9. The molecule has 9 atom stereocenters. The molecule has 1 aliphatic heterocycles. The van der Waals surface area contributed by atoms with Gasteiger partial charge in [0, 0.05) is 65.3 Å². The lowest BCUT2D eigenvalue weighted by Crippen LogP contribution is -2.62. The van der Waals surface area contributed by atoms with E-state index >= 15 is 0 Å². The highest BCUT2D eigenvalue weighted by Gasteiger charge is 2.37. The number of hydrogen-bond donors (Lipinski definition) is 12. The molecule has 21 nitrogen and oxygen atoms in total. The number of nitrogens with two attached hydrogens (primary N) is 2. The van der Waals surface area contributed by atoms with Crippen LogP contribution in [0.15, 0.2) is 122 Å². The largest absolute Gasteiger partial charge is 0.391 e. The van der Waals surface area contributed by atoms with Gasteiger partial charge in [-0.05, 0) is 103 Å². The van der Waals surface area contributed by atoms with Gasteiger partial charge in [-0.3, -0.25) is 43.3 Å². The lowest BCUT2D eigenvalue weighted by molar-refractivity contribution is -0.136. The van der Waals surface area contributed by atoms with E-state index in [1.54, 1.807) is 61.9 Å². The van der Waals surface area contributed by atoms with Gasteiger partial charge in [0.2, 0.25) is 47.3 Å². The summed E-state index contributed by atoms with van der Waals surface area (Å²) in [6.07, 6.45) is 4.00. The zero-order valence-corrected chi connectivity index (χ0v) is 47.7. The zero-order chi connectivity index (χ0) is 58.7. The SMILES string of the molecule is CN[C@@H](Cc1ccc(Cl)cc1)C(=O)N[C@@H]1CSSC[C@@H](C(=O)N[C@@H](Cc2ccc3ccccc3c2)C(N)=O)NC(=O)[C@H]([C@@H](C)O)NC(=O)[C@H](CCCCN)NC(=O)[C@@H](Cc2c[nH]c3ccccc23)NC(=O)[C@H](Cc2cccnc2)NC1=O. The van der Waals surface area contributed by atoms with E-state index in [2.05, 4.69) is 52.5 Å². The summed E-state index contributed by atoms with van der Waals surface area (Å²) < 4.78 is 0. The molecule has 82 heavy (non-hydrogen) atoms. The predicted molar refractivity (Wildman–Crippen MR) is 318 cm³/mol. The third-order valence-corrected chi connectivity index (χ3v) is 16.6. The molecule has 4 aromatic carbocycles. The highest BCUT2D eigenvalue weighted by atomic mass is 35.5. The van der Waals surface area contributed by atoms with Crippen LogP contribution in [-0.2, 0) is 64.0 Å². The first-order valence-corrected chi connectivity index (χ1v) is 29.7. The van der Waals surface area contributed by atoms with Crippen LogP contribution in [0.25, 0.3) is 21.7 Å². The average molecular weight is 1180 g/mol. The van der Waals surface area contributed by atoms with Crippen LogP contribution < -0.4 is 54.0 Å². The number of aliphatic hydroxyl groups excluding tert-OH is 1. The number of aliphatic hydroxyl groups is 1. The molecule has 6 aromatic rings. The van der Waals surface area contributed by atoms with Crippen molar-refractivity contribution >= 4 is 102 Å². The number of aromatic amines is 1. The summed E-state index contributed by atoms with van der Waals surface area (Å²) >= 11 is 6.15. The molecule has 0 unspecified atom stereocenters. The normalized spacial score (nSPS) is 20.9. The van der Waals surface area contributed by atoms with E-state index in [4.69, 9.17) is 23.1 Å². The van der Waals surface area contributed by atoms with Crippen molar-refractivity contribution in [3.8, 4) is 0 Å². The average Bonchev–Trinajstić information content (AvgIpc) is 4.12. The first-order chi connectivity index (χ1) is 39.5. The molecule has 0 bridgehead atoms. The van der Waals surface area contributed by atoms with E-state index in [-0.39, 0.29) is 50.2 Å². The monoisotopic (exact) mass is 1180 g/mol. The minimum Gasteiger partial charge on any atom is -0.391 e. The molecule has 1 saturated heterocycles. The lowest BCUT2D eigenvalue weighted by atomic mass is 10.0. The van der Waals surface area contributed by atoms with Crippen LogP contribution in [0.5, 0.6) is 0 Å². The molecule has 0 saturated carbocycles. The first kappa shape index (κ1) is 62.1. The van der Waals surface area contributed by atoms with Gasteiger partial charge in [0.05, 0.1) is 12.1 Å². The highest BCUT2D eigenvalue weighted by Crippen LogP contribution is 2.25. The molecule has 0 radical (unpaired) electrons. The Morgan fingerprint density at radius 3 is 2.09 bits per heavy atom. The highest BCUT2D eigenvalue weighted by molar-refractivity contribution is 8.76. The number of para-hydroxylation sites is 1. The van der Waals surface area contributed by atoms with E-state index in [1.807, 2.05) is 60.7 Å². The number of unbranched alkanes of at least 4 members (excludes halogenated alkanes) is 1. The third kappa shape index (κ3) is 17.7. The van der Waals surface area contributed by atoms with Crippen molar-refractivity contribution < 1.29 is 43.5 Å². The predicted octanol–water partition coefficient (Wildman–Crippen LogP) is 2.01. The number of carbonyl (C=O) groups excluding carboxylic acids is 8. The summed E-state index contributed by atoms with van der Waals surface area (Å²) in [7, 11) is 3.67. The number of pyridine rings is 1. The molecule has 0 spiro atoms. The number of H-pyrrole nitrogens is 1. The minimum atomic E-state index is -1.70. The van der Waals surface area contributed by atoms with E-state index in [0.717, 1.165) is 48.8 Å². The van der Waals surface area contributed by atoms with Gasteiger partial charge in [-0.15, -0.1) is 0 Å². The molecule has 3 heterocycles. The van der Waals surface area contributed by atoms with Gasteiger partial charge in [-0.1, -0.05) is 112 Å². The molecule has 1 fully saturated rings. The molecule has 2 aromatic heterocycles. The van der Waals surface area contributed by atoms with Crippen LogP contribution in [0.4, 0.5) is 0 Å². The molecule has 0 aliphatic carbocycles. The second-order valence-corrected chi connectivity index (χ2v) is 23.0. The molecule has 434 valence electrons. The van der Waals surface area contributed by atoms with Gasteiger partial charge in [0.15, 0.2) is 0 Å².